The van der Waals surface area contributed by atoms with Crippen LogP contribution in [-0.2, 0) is 28.6 Å². The van der Waals surface area contributed by atoms with E-state index in [9.17, 15) is 14.4 Å². The minimum absolute atomic E-state index is 0.0308. The van der Waals surface area contributed by atoms with Gasteiger partial charge in [0.15, 0.2) is 0 Å². The fraction of sp³-hybridized carbons (Fsp3) is 0.763. The Morgan fingerprint density at radius 2 is 1.43 bits per heavy atom. The van der Waals surface area contributed by atoms with Crippen LogP contribution >= 0.6 is 0 Å². The molecule has 3 fully saturated rings. The van der Waals surface area contributed by atoms with Gasteiger partial charge in [-0.3, -0.25) is 14.4 Å². The van der Waals surface area contributed by atoms with Crippen LogP contribution in [0.2, 0.25) is 0 Å². The van der Waals surface area contributed by atoms with Crippen molar-refractivity contribution in [3.8, 4) is 5.75 Å². The third-order valence-electron chi connectivity index (χ3n) is 10.1. The van der Waals surface area contributed by atoms with E-state index in [4.69, 9.17) is 18.9 Å². The molecule has 4 rings (SSSR count). The van der Waals surface area contributed by atoms with Crippen molar-refractivity contribution in [2.24, 2.45) is 41.4 Å². The molecule has 1 aromatic carbocycles. The quantitative estimate of drug-likeness (QED) is 0.111. The van der Waals surface area contributed by atoms with Crippen molar-refractivity contribution in [3.63, 3.8) is 0 Å². The molecule has 0 aliphatic heterocycles. The van der Waals surface area contributed by atoms with Crippen LogP contribution < -0.4 is 10.1 Å². The first-order chi connectivity index (χ1) is 22.2. The smallest absolute Gasteiger partial charge is 0.308 e. The molecule has 1 amide bonds. The van der Waals surface area contributed by atoms with Crippen LogP contribution in [0.15, 0.2) is 30.3 Å². The van der Waals surface area contributed by atoms with Crippen molar-refractivity contribution in [1.29, 1.82) is 0 Å². The highest BCUT2D eigenvalue weighted by molar-refractivity contribution is 5.78. The van der Waals surface area contributed by atoms with Gasteiger partial charge in [-0.1, -0.05) is 79.5 Å². The highest BCUT2D eigenvalue weighted by Gasteiger charge is 2.55. The van der Waals surface area contributed by atoms with Gasteiger partial charge in [0.25, 0.3) is 0 Å². The first-order valence-electron chi connectivity index (χ1n) is 18.1. The van der Waals surface area contributed by atoms with Gasteiger partial charge in [-0.15, -0.1) is 0 Å². The van der Waals surface area contributed by atoms with E-state index in [2.05, 4.69) is 19.2 Å². The highest BCUT2D eigenvalue weighted by Crippen LogP contribution is 2.59. The predicted octanol–water partition coefficient (Wildman–Crippen LogP) is 7.98. The Hall–Kier alpha value is -2.61. The number of hydrogen-bond donors (Lipinski definition) is 1. The monoisotopic (exact) mass is 645 g/mol. The maximum atomic E-state index is 11.9. The third kappa shape index (κ3) is 13.2. The van der Waals surface area contributed by atoms with Crippen molar-refractivity contribution < 1.29 is 33.3 Å². The molecule has 8 unspecified atom stereocenters. The summed E-state index contributed by atoms with van der Waals surface area (Å²) in [6, 6.07) is 9.48. The molecular weight excluding hydrogens is 582 g/mol. The van der Waals surface area contributed by atoms with Crippen LogP contribution in [0.25, 0.3) is 0 Å². The van der Waals surface area contributed by atoms with E-state index in [1.165, 1.54) is 25.7 Å². The first kappa shape index (κ1) is 39.6. The van der Waals surface area contributed by atoms with Crippen molar-refractivity contribution in [1.82, 2.24) is 5.32 Å². The van der Waals surface area contributed by atoms with E-state index < -0.39 is 0 Å². The number of fused-ring (bicyclic) bond motifs is 5. The summed E-state index contributed by atoms with van der Waals surface area (Å²) in [4.78, 5) is 34.4. The third-order valence-corrected chi connectivity index (χ3v) is 10.1. The zero-order chi connectivity index (χ0) is 33.9. The standard InChI is InChI=1S/C15H24O2.C13H18O3.C10H21NO2/c1-3-9(2)15(16)17-14-8-10-7-13(14)12-6-4-5-11(10)12;1-3-11(2)13(14)16-10-9-15-12-7-5-4-6-8-12;1-4-6-7-13-8-11-10(12)9(3)5-2/h9-14H,3-8H2,1-2H3;4-8,11H,3,9-10H2,1-2H3;9H,4-8H2,1-3H3,(H,11,12). The van der Waals surface area contributed by atoms with Gasteiger partial charge in [0.2, 0.25) is 5.91 Å². The second-order valence-electron chi connectivity index (χ2n) is 13.3. The van der Waals surface area contributed by atoms with Gasteiger partial charge in [-0.25, -0.2) is 0 Å². The Bertz CT molecular complexity index is 1000. The Labute approximate surface area is 279 Å². The Morgan fingerprint density at radius 3 is 2.09 bits per heavy atom. The van der Waals surface area contributed by atoms with Crippen LogP contribution in [0.1, 0.15) is 113 Å². The van der Waals surface area contributed by atoms with Crippen LogP contribution in [0.3, 0.4) is 0 Å². The van der Waals surface area contributed by atoms with Gasteiger partial charge < -0.3 is 24.3 Å². The molecule has 0 aromatic heterocycles. The SMILES string of the molecule is CCC(C)C(=O)OC1CC2CC1C1CCCC21.CCC(C)C(=O)OCCOc1ccccc1.CCCCOCNC(=O)C(C)CC. The van der Waals surface area contributed by atoms with Gasteiger partial charge >= 0.3 is 11.9 Å². The van der Waals surface area contributed by atoms with Crippen molar-refractivity contribution in [2.75, 3.05) is 26.6 Å². The molecular formula is C38H63NO7. The lowest BCUT2D eigenvalue weighted by Gasteiger charge is -2.31. The number of para-hydroxylation sites is 1. The number of ether oxygens (including phenoxy) is 4. The molecule has 8 atom stereocenters. The Morgan fingerprint density at radius 1 is 0.783 bits per heavy atom. The van der Waals surface area contributed by atoms with Crippen molar-refractivity contribution in [3.05, 3.63) is 30.3 Å². The zero-order valence-corrected chi connectivity index (χ0v) is 29.8. The molecule has 0 saturated heterocycles. The summed E-state index contributed by atoms with van der Waals surface area (Å²) in [5, 5.41) is 2.73. The molecule has 0 radical (unpaired) electrons. The van der Waals surface area contributed by atoms with Gasteiger partial charge in [-0.05, 0) is 87.2 Å². The maximum absolute atomic E-state index is 11.9. The number of amides is 1. The molecule has 0 spiro atoms. The van der Waals surface area contributed by atoms with Crippen LogP contribution in [0.5, 0.6) is 5.75 Å². The van der Waals surface area contributed by atoms with E-state index in [-0.39, 0.29) is 41.7 Å². The molecule has 262 valence electrons. The average molecular weight is 646 g/mol. The summed E-state index contributed by atoms with van der Waals surface area (Å²) in [6.07, 6.45) is 11.8. The van der Waals surface area contributed by atoms with Gasteiger partial charge in [0, 0.05) is 12.5 Å². The number of nitrogens with one attached hydrogen (secondary N) is 1. The summed E-state index contributed by atoms with van der Waals surface area (Å²) in [5.41, 5.74) is 0. The Kier molecular flexibility index (Phi) is 19.0. The van der Waals surface area contributed by atoms with E-state index in [0.29, 0.717) is 25.9 Å². The van der Waals surface area contributed by atoms with Gasteiger partial charge in [0.05, 0.1) is 11.8 Å². The van der Waals surface area contributed by atoms with E-state index in [1.54, 1.807) is 0 Å². The number of hydrogen-bond acceptors (Lipinski definition) is 7. The molecule has 46 heavy (non-hydrogen) atoms. The number of rotatable bonds is 16. The molecule has 3 aliphatic carbocycles. The van der Waals surface area contributed by atoms with E-state index >= 15 is 0 Å². The number of esters is 2. The highest BCUT2D eigenvalue weighted by atomic mass is 16.6. The predicted molar refractivity (Wildman–Crippen MR) is 182 cm³/mol. The summed E-state index contributed by atoms with van der Waals surface area (Å²) < 4.78 is 21.4. The van der Waals surface area contributed by atoms with Crippen LogP contribution in [-0.4, -0.2) is 50.5 Å². The summed E-state index contributed by atoms with van der Waals surface area (Å²) >= 11 is 0. The van der Waals surface area contributed by atoms with Gasteiger partial charge in [-0.2, -0.15) is 0 Å². The molecule has 8 nitrogen and oxygen atoms in total. The first-order valence-corrected chi connectivity index (χ1v) is 18.1. The minimum atomic E-state index is -0.154. The van der Waals surface area contributed by atoms with Crippen LogP contribution in [0.4, 0.5) is 0 Å². The largest absolute Gasteiger partial charge is 0.490 e. The summed E-state index contributed by atoms with van der Waals surface area (Å²) in [5.74, 6) is 4.37. The number of unbranched alkanes of at least 4 members (excludes halogenated alkanes) is 1. The van der Waals surface area contributed by atoms with Gasteiger partial charge in [0.1, 0.15) is 31.8 Å². The average Bonchev–Trinajstić information content (AvgIpc) is 3.81. The maximum Gasteiger partial charge on any atom is 0.308 e. The topological polar surface area (TPSA) is 100 Å². The fourth-order valence-electron chi connectivity index (χ4n) is 6.50. The molecule has 1 N–H and O–H groups in total. The normalized spacial score (nSPS) is 24.2. The lowest BCUT2D eigenvalue weighted by molar-refractivity contribution is -0.157. The molecule has 3 saturated carbocycles. The second kappa shape index (κ2) is 22.0. The molecule has 3 aliphatic rings. The zero-order valence-electron chi connectivity index (χ0n) is 29.8. The number of carbonyl (C=O) groups is 3. The molecule has 2 bridgehead atoms. The van der Waals surface area contributed by atoms with Crippen molar-refractivity contribution in [2.45, 2.75) is 119 Å². The molecule has 1 aromatic rings. The lowest BCUT2D eigenvalue weighted by atomic mass is 9.80. The second-order valence-corrected chi connectivity index (χ2v) is 13.3. The van der Waals surface area contributed by atoms with E-state index in [0.717, 1.165) is 68.6 Å². The fourth-order valence-corrected chi connectivity index (χ4v) is 6.50. The number of carbonyl (C=O) groups excluding carboxylic acids is 3. The lowest BCUT2D eigenvalue weighted by Crippen LogP contribution is -2.33. The van der Waals surface area contributed by atoms with Crippen molar-refractivity contribution >= 4 is 17.8 Å². The van der Waals surface area contributed by atoms with E-state index in [1.807, 2.05) is 65.0 Å². The summed E-state index contributed by atoms with van der Waals surface area (Å²) in [6.45, 7) is 15.7. The molecule has 0 heterocycles. The number of benzene rings is 1. The Balaban J connectivity index is 0.000000243. The molecule has 8 heteroatoms. The van der Waals surface area contributed by atoms with Crippen LogP contribution in [0, 0.1) is 41.4 Å². The minimum Gasteiger partial charge on any atom is -0.490 e. The summed E-state index contributed by atoms with van der Waals surface area (Å²) in [7, 11) is 0.